The molecular formula is C20H21ClN2O3. The molecule has 0 radical (unpaired) electrons. The lowest BCUT2D eigenvalue weighted by Gasteiger charge is -2.38. The lowest BCUT2D eigenvalue weighted by atomic mass is 10.1. The molecule has 5 nitrogen and oxygen atoms in total. The van der Waals surface area contributed by atoms with Gasteiger partial charge in [0.2, 0.25) is 11.8 Å². The van der Waals surface area contributed by atoms with Crippen molar-refractivity contribution in [3.8, 4) is 5.75 Å². The first-order valence-corrected chi connectivity index (χ1v) is 8.81. The second-order valence-corrected chi connectivity index (χ2v) is 6.80. The van der Waals surface area contributed by atoms with E-state index in [1.807, 2.05) is 36.4 Å². The summed E-state index contributed by atoms with van der Waals surface area (Å²) in [6.45, 7) is 2.67. The van der Waals surface area contributed by atoms with Crippen molar-refractivity contribution < 1.29 is 14.3 Å². The minimum Gasteiger partial charge on any atom is -0.497 e. The summed E-state index contributed by atoms with van der Waals surface area (Å²) in [4.78, 5) is 28.6. The van der Waals surface area contributed by atoms with Gasteiger partial charge in [-0.3, -0.25) is 9.59 Å². The number of amides is 2. The van der Waals surface area contributed by atoms with Crippen LogP contribution in [0.4, 0.5) is 0 Å². The van der Waals surface area contributed by atoms with Gasteiger partial charge in [0.1, 0.15) is 18.3 Å². The minimum atomic E-state index is -0.495. The van der Waals surface area contributed by atoms with E-state index in [1.165, 1.54) is 0 Å². The Morgan fingerprint density at radius 2 is 1.58 bits per heavy atom. The Morgan fingerprint density at radius 3 is 2.19 bits per heavy atom. The molecule has 2 amide bonds. The van der Waals surface area contributed by atoms with Gasteiger partial charge in [-0.1, -0.05) is 35.9 Å². The van der Waals surface area contributed by atoms with Crippen LogP contribution >= 0.6 is 11.6 Å². The van der Waals surface area contributed by atoms with E-state index in [0.717, 1.165) is 16.9 Å². The van der Waals surface area contributed by atoms with Gasteiger partial charge >= 0.3 is 0 Å². The maximum Gasteiger partial charge on any atom is 0.245 e. The summed E-state index contributed by atoms with van der Waals surface area (Å²) in [5.74, 6) is 0.659. The highest BCUT2D eigenvalue weighted by atomic mass is 35.5. The third kappa shape index (κ3) is 3.99. The Balaban J connectivity index is 1.68. The van der Waals surface area contributed by atoms with Crippen LogP contribution in [0, 0.1) is 0 Å². The quantitative estimate of drug-likeness (QED) is 0.810. The third-order valence-electron chi connectivity index (χ3n) is 4.58. The van der Waals surface area contributed by atoms with Crippen molar-refractivity contribution in [2.24, 2.45) is 0 Å². The van der Waals surface area contributed by atoms with Gasteiger partial charge in [0, 0.05) is 18.1 Å². The standard InChI is InChI=1S/C20H21ClN2O3/c1-14-20(25)22(11-15-5-9-18(26-2)10-6-15)13-19(24)23(14)12-16-3-7-17(21)8-4-16/h3-10,14H,11-13H2,1-2H3/t14-/m0/s1. The smallest absolute Gasteiger partial charge is 0.245 e. The Kier molecular flexibility index (Phi) is 5.47. The predicted molar refractivity (Wildman–Crippen MR) is 99.9 cm³/mol. The molecule has 1 saturated heterocycles. The van der Waals surface area contributed by atoms with Gasteiger partial charge in [-0.15, -0.1) is 0 Å². The molecule has 0 N–H and O–H groups in total. The molecule has 0 unspecified atom stereocenters. The third-order valence-corrected chi connectivity index (χ3v) is 4.83. The van der Waals surface area contributed by atoms with E-state index in [1.54, 1.807) is 36.0 Å². The summed E-state index contributed by atoms with van der Waals surface area (Å²) in [6.07, 6.45) is 0. The van der Waals surface area contributed by atoms with Gasteiger partial charge in [-0.25, -0.2) is 0 Å². The zero-order valence-electron chi connectivity index (χ0n) is 14.8. The molecule has 2 aromatic rings. The highest BCUT2D eigenvalue weighted by Crippen LogP contribution is 2.20. The zero-order chi connectivity index (χ0) is 18.7. The topological polar surface area (TPSA) is 49.9 Å². The fourth-order valence-corrected chi connectivity index (χ4v) is 3.17. The van der Waals surface area contributed by atoms with Gasteiger partial charge in [-0.05, 0) is 42.3 Å². The largest absolute Gasteiger partial charge is 0.497 e. The normalized spacial score (nSPS) is 17.6. The summed E-state index contributed by atoms with van der Waals surface area (Å²) >= 11 is 5.90. The average Bonchev–Trinajstić information content (AvgIpc) is 2.65. The van der Waals surface area contributed by atoms with Gasteiger partial charge in [0.15, 0.2) is 0 Å². The lowest BCUT2D eigenvalue weighted by Crippen LogP contribution is -2.57. The highest BCUT2D eigenvalue weighted by molar-refractivity contribution is 6.30. The molecule has 0 aliphatic carbocycles. The van der Waals surface area contributed by atoms with Crippen molar-refractivity contribution >= 4 is 23.4 Å². The second kappa shape index (κ2) is 7.79. The van der Waals surface area contributed by atoms with Crippen molar-refractivity contribution in [2.45, 2.75) is 26.1 Å². The number of hydrogen-bond acceptors (Lipinski definition) is 3. The number of halogens is 1. The average molecular weight is 373 g/mol. The summed E-state index contributed by atoms with van der Waals surface area (Å²) in [6, 6.07) is 14.3. The Bertz CT molecular complexity index is 790. The summed E-state index contributed by atoms with van der Waals surface area (Å²) in [5, 5.41) is 0.647. The zero-order valence-corrected chi connectivity index (χ0v) is 15.6. The van der Waals surface area contributed by atoms with E-state index in [-0.39, 0.29) is 18.4 Å². The molecule has 6 heteroatoms. The van der Waals surface area contributed by atoms with E-state index in [0.29, 0.717) is 18.1 Å². The monoisotopic (exact) mass is 372 g/mol. The van der Waals surface area contributed by atoms with Gasteiger partial charge in [0.25, 0.3) is 0 Å². The molecule has 26 heavy (non-hydrogen) atoms. The fourth-order valence-electron chi connectivity index (χ4n) is 3.04. The molecule has 1 aliphatic rings. The number of rotatable bonds is 5. The number of benzene rings is 2. The molecule has 0 bridgehead atoms. The van der Waals surface area contributed by atoms with Crippen molar-refractivity contribution in [1.82, 2.24) is 9.80 Å². The Labute approximate surface area is 158 Å². The summed E-state index contributed by atoms with van der Waals surface area (Å²) < 4.78 is 5.14. The number of carbonyl (C=O) groups excluding carboxylic acids is 2. The Morgan fingerprint density at radius 1 is 1.00 bits per heavy atom. The molecule has 1 heterocycles. The first-order valence-electron chi connectivity index (χ1n) is 8.43. The van der Waals surface area contributed by atoms with E-state index in [4.69, 9.17) is 16.3 Å². The van der Waals surface area contributed by atoms with Gasteiger partial charge in [-0.2, -0.15) is 0 Å². The van der Waals surface area contributed by atoms with Crippen LogP contribution in [0.15, 0.2) is 48.5 Å². The molecule has 136 valence electrons. The van der Waals surface area contributed by atoms with Gasteiger partial charge < -0.3 is 14.5 Å². The summed E-state index contributed by atoms with van der Waals surface area (Å²) in [7, 11) is 1.61. The second-order valence-electron chi connectivity index (χ2n) is 6.37. The number of piperazine rings is 1. The number of ether oxygens (including phenoxy) is 1. The van der Waals surface area contributed by atoms with E-state index < -0.39 is 6.04 Å². The number of hydrogen-bond donors (Lipinski definition) is 0. The van der Waals surface area contributed by atoms with Crippen LogP contribution in [0.5, 0.6) is 5.75 Å². The maximum atomic E-state index is 12.7. The van der Waals surface area contributed by atoms with Gasteiger partial charge in [0.05, 0.1) is 7.11 Å². The molecule has 1 atom stereocenters. The van der Waals surface area contributed by atoms with Crippen molar-refractivity contribution in [1.29, 1.82) is 0 Å². The lowest BCUT2D eigenvalue weighted by molar-refractivity contribution is -0.156. The minimum absolute atomic E-state index is 0.0469. The van der Waals surface area contributed by atoms with Crippen molar-refractivity contribution in [2.75, 3.05) is 13.7 Å². The van der Waals surface area contributed by atoms with E-state index >= 15 is 0 Å². The molecular weight excluding hydrogens is 352 g/mol. The predicted octanol–water partition coefficient (Wildman–Crippen LogP) is 3.11. The molecule has 0 saturated carbocycles. The van der Waals surface area contributed by atoms with Crippen LogP contribution in [0.3, 0.4) is 0 Å². The first-order chi connectivity index (χ1) is 12.5. The highest BCUT2D eigenvalue weighted by Gasteiger charge is 2.36. The molecule has 1 aliphatic heterocycles. The number of nitrogens with zero attached hydrogens (tertiary/aromatic N) is 2. The van der Waals surface area contributed by atoms with E-state index in [2.05, 4.69) is 0 Å². The van der Waals surface area contributed by atoms with Crippen LogP contribution in [-0.4, -0.2) is 41.3 Å². The van der Waals surface area contributed by atoms with Crippen LogP contribution in [0.1, 0.15) is 18.1 Å². The fraction of sp³-hybridized carbons (Fsp3) is 0.300. The summed E-state index contributed by atoms with van der Waals surface area (Å²) in [5.41, 5.74) is 1.91. The SMILES string of the molecule is COc1ccc(CN2CC(=O)N(Cc3ccc(Cl)cc3)[C@@H](C)C2=O)cc1. The maximum absolute atomic E-state index is 12.7. The first kappa shape index (κ1) is 18.3. The molecule has 1 fully saturated rings. The molecule has 0 aromatic heterocycles. The number of methoxy groups -OCH3 is 1. The van der Waals surface area contributed by atoms with Crippen LogP contribution in [0.25, 0.3) is 0 Å². The molecule has 3 rings (SSSR count). The van der Waals surface area contributed by atoms with E-state index in [9.17, 15) is 9.59 Å². The molecule has 2 aromatic carbocycles. The van der Waals surface area contributed by atoms with Crippen molar-refractivity contribution in [3.63, 3.8) is 0 Å². The molecule has 0 spiro atoms. The Hall–Kier alpha value is -2.53. The van der Waals surface area contributed by atoms with Crippen LogP contribution in [-0.2, 0) is 22.7 Å². The van der Waals surface area contributed by atoms with Crippen LogP contribution in [0.2, 0.25) is 5.02 Å². The number of carbonyl (C=O) groups is 2. The van der Waals surface area contributed by atoms with Crippen molar-refractivity contribution in [3.05, 3.63) is 64.7 Å². The van der Waals surface area contributed by atoms with Crippen LogP contribution < -0.4 is 4.74 Å².